The molecule has 4 heteroatoms. The van der Waals surface area contributed by atoms with E-state index in [4.69, 9.17) is 4.74 Å². The van der Waals surface area contributed by atoms with Crippen molar-refractivity contribution in [3.8, 4) is 0 Å². The number of ether oxygens (including phenoxy) is 1. The van der Waals surface area contributed by atoms with Crippen molar-refractivity contribution < 1.29 is 14.6 Å². The van der Waals surface area contributed by atoms with Crippen molar-refractivity contribution in [2.45, 2.75) is 90.0 Å². The first kappa shape index (κ1) is 19.2. The second-order valence-corrected chi connectivity index (χ2v) is 8.32. The molecule has 0 saturated carbocycles. The summed E-state index contributed by atoms with van der Waals surface area (Å²) < 4.78 is 6.04. The molecule has 1 heterocycles. The lowest BCUT2D eigenvalue weighted by atomic mass is 9.78. The van der Waals surface area contributed by atoms with Crippen molar-refractivity contribution in [3.63, 3.8) is 0 Å². The summed E-state index contributed by atoms with van der Waals surface area (Å²) in [4.78, 5) is 14.1. The van der Waals surface area contributed by atoms with Gasteiger partial charge in [0.1, 0.15) is 0 Å². The van der Waals surface area contributed by atoms with Crippen LogP contribution in [-0.4, -0.2) is 45.3 Å². The lowest BCUT2D eigenvalue weighted by Gasteiger charge is -2.54. The highest BCUT2D eigenvalue weighted by molar-refractivity contribution is 5.88. The molecule has 1 saturated heterocycles. The molecule has 1 aliphatic heterocycles. The smallest absolute Gasteiger partial charge is 0.246 e. The normalized spacial score (nSPS) is 21.7. The Morgan fingerprint density at radius 3 is 2.23 bits per heavy atom. The van der Waals surface area contributed by atoms with Crippen LogP contribution in [0.1, 0.15) is 67.2 Å². The number of nitrogens with zero attached hydrogens (tertiary/aromatic N) is 1. The van der Waals surface area contributed by atoms with E-state index >= 15 is 0 Å². The number of likely N-dealkylation sites (tertiary alicyclic amines) is 1. The quantitative estimate of drug-likeness (QED) is 0.605. The standard InChI is InChI=1S/C18H33NO3/c1-8-15(20)19-16(2,3)12-14(13-17(19,4)5)22-11-9-10-18(6,7)21/h8,14,21H,1,9-13H2,2-7H3. The van der Waals surface area contributed by atoms with Gasteiger partial charge >= 0.3 is 0 Å². The van der Waals surface area contributed by atoms with Gasteiger partial charge in [-0.3, -0.25) is 4.79 Å². The molecular weight excluding hydrogens is 278 g/mol. The van der Waals surface area contributed by atoms with Gasteiger partial charge in [0.2, 0.25) is 5.91 Å². The first-order chi connectivity index (χ1) is 9.89. The molecule has 0 atom stereocenters. The van der Waals surface area contributed by atoms with E-state index in [9.17, 15) is 9.90 Å². The summed E-state index contributed by atoms with van der Waals surface area (Å²) in [5.74, 6) is -0.0181. The lowest BCUT2D eigenvalue weighted by molar-refractivity contribution is -0.153. The molecule has 1 aliphatic rings. The third kappa shape index (κ3) is 5.10. The molecule has 0 spiro atoms. The Labute approximate surface area is 135 Å². The Bertz CT molecular complexity index is 389. The number of aliphatic hydroxyl groups is 1. The Morgan fingerprint density at radius 2 is 1.82 bits per heavy atom. The highest BCUT2D eigenvalue weighted by atomic mass is 16.5. The molecule has 0 aliphatic carbocycles. The van der Waals surface area contributed by atoms with E-state index in [1.54, 1.807) is 0 Å². The van der Waals surface area contributed by atoms with Gasteiger partial charge in [0.05, 0.1) is 11.7 Å². The number of piperidine rings is 1. The van der Waals surface area contributed by atoms with E-state index in [2.05, 4.69) is 34.3 Å². The first-order valence-electron chi connectivity index (χ1n) is 8.20. The van der Waals surface area contributed by atoms with E-state index in [-0.39, 0.29) is 23.1 Å². The molecule has 22 heavy (non-hydrogen) atoms. The van der Waals surface area contributed by atoms with E-state index in [1.165, 1.54) is 6.08 Å². The summed E-state index contributed by atoms with van der Waals surface area (Å²) in [6.07, 6.45) is 4.75. The van der Waals surface area contributed by atoms with Crippen LogP contribution in [0.2, 0.25) is 0 Å². The maximum atomic E-state index is 12.2. The predicted octanol–water partition coefficient (Wildman–Crippen LogP) is 3.29. The van der Waals surface area contributed by atoms with Crippen molar-refractivity contribution >= 4 is 5.91 Å². The van der Waals surface area contributed by atoms with Crippen molar-refractivity contribution in [2.24, 2.45) is 0 Å². The number of hydrogen-bond donors (Lipinski definition) is 1. The maximum Gasteiger partial charge on any atom is 0.246 e. The van der Waals surface area contributed by atoms with Crippen LogP contribution in [0.15, 0.2) is 12.7 Å². The monoisotopic (exact) mass is 311 g/mol. The topological polar surface area (TPSA) is 49.8 Å². The Morgan fingerprint density at radius 1 is 1.32 bits per heavy atom. The molecule has 0 aromatic heterocycles. The van der Waals surface area contributed by atoms with Crippen LogP contribution in [-0.2, 0) is 9.53 Å². The number of carbonyl (C=O) groups is 1. The molecular formula is C18H33NO3. The second-order valence-electron chi connectivity index (χ2n) is 8.32. The minimum atomic E-state index is -0.637. The highest BCUT2D eigenvalue weighted by Gasteiger charge is 2.47. The molecule has 1 rings (SSSR count). The Hall–Kier alpha value is -0.870. The summed E-state index contributed by atoms with van der Waals surface area (Å²) in [5, 5.41) is 9.73. The molecule has 0 aromatic carbocycles. The van der Waals surface area contributed by atoms with Crippen LogP contribution in [0.3, 0.4) is 0 Å². The largest absolute Gasteiger partial charge is 0.390 e. The highest BCUT2D eigenvalue weighted by Crippen LogP contribution is 2.39. The molecule has 1 amide bonds. The van der Waals surface area contributed by atoms with Crippen LogP contribution < -0.4 is 0 Å². The van der Waals surface area contributed by atoms with E-state index in [1.807, 2.05) is 18.7 Å². The zero-order chi connectivity index (χ0) is 17.2. The predicted molar refractivity (Wildman–Crippen MR) is 89.7 cm³/mol. The first-order valence-corrected chi connectivity index (χ1v) is 8.20. The summed E-state index contributed by atoms with van der Waals surface area (Å²) >= 11 is 0. The SMILES string of the molecule is C=CC(=O)N1C(C)(C)CC(OCCCC(C)(C)O)CC1(C)C. The Balaban J connectivity index is 2.65. The molecule has 0 bridgehead atoms. The van der Waals surface area contributed by atoms with Gasteiger partial charge in [-0.15, -0.1) is 0 Å². The minimum Gasteiger partial charge on any atom is -0.390 e. The van der Waals surface area contributed by atoms with Crippen LogP contribution in [0.5, 0.6) is 0 Å². The van der Waals surface area contributed by atoms with Gasteiger partial charge in [-0.05, 0) is 73.3 Å². The maximum absolute atomic E-state index is 12.2. The molecule has 128 valence electrons. The summed E-state index contributed by atoms with van der Waals surface area (Å²) in [6, 6.07) is 0. The van der Waals surface area contributed by atoms with Gasteiger partial charge in [0.25, 0.3) is 0 Å². The number of amides is 1. The van der Waals surface area contributed by atoms with Gasteiger partial charge in [0.15, 0.2) is 0 Å². The zero-order valence-electron chi connectivity index (χ0n) is 15.1. The van der Waals surface area contributed by atoms with E-state index < -0.39 is 5.60 Å². The van der Waals surface area contributed by atoms with Crippen molar-refractivity contribution in [3.05, 3.63) is 12.7 Å². The fraction of sp³-hybridized carbons (Fsp3) is 0.833. The fourth-order valence-electron chi connectivity index (χ4n) is 3.75. The van der Waals surface area contributed by atoms with Crippen LogP contribution in [0.4, 0.5) is 0 Å². The summed E-state index contributed by atoms with van der Waals surface area (Å²) in [6.45, 7) is 16.3. The minimum absolute atomic E-state index is 0.0181. The van der Waals surface area contributed by atoms with E-state index in [0.717, 1.165) is 25.7 Å². The lowest BCUT2D eigenvalue weighted by Crippen LogP contribution is -2.63. The second kappa shape index (κ2) is 6.71. The van der Waals surface area contributed by atoms with Gasteiger partial charge in [-0.1, -0.05) is 6.58 Å². The molecule has 1 fully saturated rings. The van der Waals surface area contributed by atoms with Crippen LogP contribution >= 0.6 is 0 Å². The number of hydrogen-bond acceptors (Lipinski definition) is 3. The summed E-state index contributed by atoms with van der Waals surface area (Å²) in [7, 11) is 0. The average molecular weight is 311 g/mol. The number of carbonyl (C=O) groups excluding carboxylic acids is 1. The molecule has 0 aromatic rings. The average Bonchev–Trinajstić information content (AvgIpc) is 2.30. The van der Waals surface area contributed by atoms with Gasteiger partial charge < -0.3 is 14.7 Å². The van der Waals surface area contributed by atoms with E-state index in [0.29, 0.717) is 6.61 Å². The summed E-state index contributed by atoms with van der Waals surface area (Å²) in [5.41, 5.74) is -1.15. The molecule has 0 unspecified atom stereocenters. The number of rotatable bonds is 6. The molecule has 1 N–H and O–H groups in total. The van der Waals surface area contributed by atoms with Gasteiger partial charge in [0, 0.05) is 17.7 Å². The molecule has 4 nitrogen and oxygen atoms in total. The molecule has 0 radical (unpaired) electrons. The van der Waals surface area contributed by atoms with Crippen LogP contribution in [0, 0.1) is 0 Å². The van der Waals surface area contributed by atoms with Crippen molar-refractivity contribution in [1.82, 2.24) is 4.90 Å². The zero-order valence-corrected chi connectivity index (χ0v) is 15.1. The third-order valence-electron chi connectivity index (χ3n) is 4.35. The van der Waals surface area contributed by atoms with Crippen LogP contribution in [0.25, 0.3) is 0 Å². The van der Waals surface area contributed by atoms with Gasteiger partial charge in [-0.2, -0.15) is 0 Å². The van der Waals surface area contributed by atoms with Crippen molar-refractivity contribution in [1.29, 1.82) is 0 Å². The van der Waals surface area contributed by atoms with Crippen molar-refractivity contribution in [2.75, 3.05) is 6.61 Å². The Kier molecular flexibility index (Phi) is 5.85. The van der Waals surface area contributed by atoms with Gasteiger partial charge in [-0.25, -0.2) is 0 Å². The third-order valence-corrected chi connectivity index (χ3v) is 4.35. The fourth-order valence-corrected chi connectivity index (χ4v) is 3.75.